The van der Waals surface area contributed by atoms with Crippen LogP contribution in [0, 0.1) is 0 Å². The van der Waals surface area contributed by atoms with Crippen LogP contribution in [0.4, 0.5) is 0 Å². The second-order valence-electron chi connectivity index (χ2n) is 6.66. The molecular weight excluding hydrogens is 314 g/mol. The first-order valence-corrected chi connectivity index (χ1v) is 9.18. The maximum absolute atomic E-state index is 11.8. The molecule has 2 aromatic rings. The summed E-state index contributed by atoms with van der Waals surface area (Å²) in [5, 5.41) is 2.91. The first-order valence-electron chi connectivity index (χ1n) is 8.19. The van der Waals surface area contributed by atoms with Gasteiger partial charge in [0.05, 0.1) is 0 Å². The third-order valence-electron chi connectivity index (χ3n) is 3.62. The minimum absolute atomic E-state index is 0.0523. The SMILES string of the molecule is CC(C)(C)c1ccc(/C=C/C(=O)NCCSc2ccccc2)cc1. The van der Waals surface area contributed by atoms with E-state index in [4.69, 9.17) is 0 Å². The summed E-state index contributed by atoms with van der Waals surface area (Å²) in [5.41, 5.74) is 2.48. The fraction of sp³-hybridized carbons (Fsp3) is 0.286. The molecule has 0 saturated heterocycles. The Morgan fingerprint density at radius 2 is 1.71 bits per heavy atom. The zero-order valence-corrected chi connectivity index (χ0v) is 15.4. The standard InChI is InChI=1S/C21H25NOS/c1-21(2,3)18-12-9-17(10-13-18)11-14-20(23)22-15-16-24-19-7-5-4-6-8-19/h4-14H,15-16H2,1-3H3,(H,22,23)/b14-11+. The third kappa shape index (κ3) is 6.25. The van der Waals surface area contributed by atoms with Gasteiger partial charge in [-0.2, -0.15) is 0 Å². The Bertz CT molecular complexity index is 669. The van der Waals surface area contributed by atoms with Gasteiger partial charge in [0, 0.05) is 23.3 Å². The highest BCUT2D eigenvalue weighted by Crippen LogP contribution is 2.22. The predicted molar refractivity (Wildman–Crippen MR) is 104 cm³/mol. The van der Waals surface area contributed by atoms with Crippen molar-refractivity contribution >= 4 is 23.7 Å². The van der Waals surface area contributed by atoms with Gasteiger partial charge in [0.2, 0.25) is 5.91 Å². The molecule has 0 aromatic heterocycles. The van der Waals surface area contributed by atoms with Crippen LogP contribution >= 0.6 is 11.8 Å². The Kier molecular flexibility index (Phi) is 6.68. The van der Waals surface area contributed by atoms with E-state index in [1.807, 2.05) is 24.3 Å². The lowest BCUT2D eigenvalue weighted by Crippen LogP contribution is -2.23. The van der Waals surface area contributed by atoms with E-state index in [1.165, 1.54) is 10.5 Å². The van der Waals surface area contributed by atoms with E-state index in [0.717, 1.165) is 11.3 Å². The van der Waals surface area contributed by atoms with Crippen LogP contribution in [0.3, 0.4) is 0 Å². The van der Waals surface area contributed by atoms with Gasteiger partial charge in [-0.15, -0.1) is 11.8 Å². The summed E-state index contributed by atoms with van der Waals surface area (Å²) in [6.07, 6.45) is 3.45. The van der Waals surface area contributed by atoms with Crippen LogP contribution in [-0.4, -0.2) is 18.2 Å². The zero-order valence-electron chi connectivity index (χ0n) is 14.6. The number of benzene rings is 2. The lowest BCUT2D eigenvalue weighted by Gasteiger charge is -2.18. The fourth-order valence-electron chi connectivity index (χ4n) is 2.18. The van der Waals surface area contributed by atoms with Gasteiger partial charge < -0.3 is 5.32 Å². The van der Waals surface area contributed by atoms with Crippen molar-refractivity contribution in [2.75, 3.05) is 12.3 Å². The van der Waals surface area contributed by atoms with Crippen LogP contribution in [0.25, 0.3) is 6.08 Å². The highest BCUT2D eigenvalue weighted by molar-refractivity contribution is 7.99. The van der Waals surface area contributed by atoms with Crippen molar-refractivity contribution in [3.05, 3.63) is 71.8 Å². The highest BCUT2D eigenvalue weighted by Gasteiger charge is 2.12. The Morgan fingerprint density at radius 1 is 1.04 bits per heavy atom. The topological polar surface area (TPSA) is 29.1 Å². The summed E-state index contributed by atoms with van der Waals surface area (Å²) in [5.74, 6) is 0.813. The van der Waals surface area contributed by atoms with Crippen LogP contribution < -0.4 is 5.32 Å². The molecule has 3 heteroatoms. The molecule has 2 nitrogen and oxygen atoms in total. The van der Waals surface area contributed by atoms with Crippen LogP contribution in [0.1, 0.15) is 31.9 Å². The van der Waals surface area contributed by atoms with E-state index in [9.17, 15) is 4.79 Å². The van der Waals surface area contributed by atoms with Gasteiger partial charge in [-0.1, -0.05) is 63.2 Å². The number of amides is 1. The molecule has 24 heavy (non-hydrogen) atoms. The van der Waals surface area contributed by atoms with Gasteiger partial charge in [0.15, 0.2) is 0 Å². The first-order chi connectivity index (χ1) is 11.4. The lowest BCUT2D eigenvalue weighted by atomic mass is 9.87. The maximum atomic E-state index is 11.8. The molecule has 0 atom stereocenters. The van der Waals surface area contributed by atoms with Crippen molar-refractivity contribution < 1.29 is 4.79 Å². The minimum Gasteiger partial charge on any atom is -0.352 e. The predicted octanol–water partition coefficient (Wildman–Crippen LogP) is 4.91. The van der Waals surface area contributed by atoms with Crippen molar-refractivity contribution in [2.45, 2.75) is 31.1 Å². The molecule has 0 bridgehead atoms. The Balaban J connectivity index is 1.74. The van der Waals surface area contributed by atoms with Gasteiger partial charge in [-0.3, -0.25) is 4.79 Å². The van der Waals surface area contributed by atoms with Gasteiger partial charge in [0.25, 0.3) is 0 Å². The molecule has 0 saturated carbocycles. The molecule has 0 heterocycles. The monoisotopic (exact) mass is 339 g/mol. The summed E-state index contributed by atoms with van der Waals surface area (Å²) in [6.45, 7) is 7.24. The molecule has 0 unspecified atom stereocenters. The minimum atomic E-state index is -0.0523. The number of hydrogen-bond donors (Lipinski definition) is 1. The van der Waals surface area contributed by atoms with Crippen molar-refractivity contribution in [1.82, 2.24) is 5.32 Å². The lowest BCUT2D eigenvalue weighted by molar-refractivity contribution is -0.116. The zero-order chi connectivity index (χ0) is 17.4. The Hall–Kier alpha value is -2.00. The smallest absolute Gasteiger partial charge is 0.244 e. The van der Waals surface area contributed by atoms with Gasteiger partial charge in [-0.25, -0.2) is 0 Å². The first kappa shape index (κ1) is 18.3. The quantitative estimate of drug-likeness (QED) is 0.460. The van der Waals surface area contributed by atoms with Crippen LogP contribution in [0.5, 0.6) is 0 Å². The number of carbonyl (C=O) groups excluding carboxylic acids is 1. The van der Waals surface area contributed by atoms with Crippen molar-refractivity contribution in [3.63, 3.8) is 0 Å². The van der Waals surface area contributed by atoms with E-state index in [0.29, 0.717) is 6.54 Å². The number of nitrogens with one attached hydrogen (secondary N) is 1. The molecular formula is C21H25NOS. The molecule has 0 spiro atoms. The van der Waals surface area contributed by atoms with E-state index in [-0.39, 0.29) is 11.3 Å². The number of thioether (sulfide) groups is 1. The molecule has 2 rings (SSSR count). The van der Waals surface area contributed by atoms with E-state index in [2.05, 4.69) is 62.5 Å². The van der Waals surface area contributed by atoms with Crippen LogP contribution in [-0.2, 0) is 10.2 Å². The Labute approximate surface area is 149 Å². The van der Waals surface area contributed by atoms with Gasteiger partial charge in [0.1, 0.15) is 0 Å². The van der Waals surface area contributed by atoms with E-state index in [1.54, 1.807) is 17.8 Å². The normalized spacial score (nSPS) is 11.6. The van der Waals surface area contributed by atoms with E-state index < -0.39 is 0 Å². The highest BCUT2D eigenvalue weighted by atomic mass is 32.2. The average molecular weight is 340 g/mol. The molecule has 0 radical (unpaired) electrons. The molecule has 1 amide bonds. The molecule has 0 aliphatic carbocycles. The van der Waals surface area contributed by atoms with Gasteiger partial charge >= 0.3 is 0 Å². The number of carbonyl (C=O) groups is 1. The largest absolute Gasteiger partial charge is 0.352 e. The molecule has 1 N–H and O–H groups in total. The Morgan fingerprint density at radius 3 is 2.33 bits per heavy atom. The van der Waals surface area contributed by atoms with Crippen LogP contribution in [0.2, 0.25) is 0 Å². The molecule has 126 valence electrons. The van der Waals surface area contributed by atoms with Crippen molar-refractivity contribution in [2.24, 2.45) is 0 Å². The summed E-state index contributed by atoms with van der Waals surface area (Å²) in [7, 11) is 0. The summed E-state index contributed by atoms with van der Waals surface area (Å²) in [4.78, 5) is 13.1. The van der Waals surface area contributed by atoms with Crippen molar-refractivity contribution in [3.8, 4) is 0 Å². The second kappa shape index (κ2) is 8.74. The van der Waals surface area contributed by atoms with Gasteiger partial charge in [-0.05, 0) is 34.8 Å². The summed E-state index contributed by atoms with van der Waals surface area (Å²) >= 11 is 1.74. The van der Waals surface area contributed by atoms with E-state index >= 15 is 0 Å². The average Bonchev–Trinajstić information content (AvgIpc) is 2.57. The molecule has 0 fully saturated rings. The third-order valence-corrected chi connectivity index (χ3v) is 4.63. The fourth-order valence-corrected chi connectivity index (χ4v) is 2.97. The summed E-state index contributed by atoms with van der Waals surface area (Å²) in [6, 6.07) is 18.5. The van der Waals surface area contributed by atoms with Crippen molar-refractivity contribution in [1.29, 1.82) is 0 Å². The van der Waals surface area contributed by atoms with Crippen LogP contribution in [0.15, 0.2) is 65.6 Å². The molecule has 0 aliphatic rings. The number of rotatable bonds is 6. The maximum Gasteiger partial charge on any atom is 0.244 e. The second-order valence-corrected chi connectivity index (χ2v) is 7.83. The molecule has 0 aliphatic heterocycles. The summed E-state index contributed by atoms with van der Waals surface area (Å²) < 4.78 is 0. The number of hydrogen-bond acceptors (Lipinski definition) is 2. The molecule has 2 aromatic carbocycles.